The molecule has 182 valence electrons. The van der Waals surface area contributed by atoms with Crippen molar-refractivity contribution in [2.45, 2.75) is 0 Å². The third kappa shape index (κ3) is 3.44. The average Bonchev–Trinajstić information content (AvgIpc) is 3.40. The van der Waals surface area contributed by atoms with Gasteiger partial charge in [-0.15, -0.1) is 0 Å². The zero-order valence-electron chi connectivity index (χ0n) is 21.0. The molecule has 2 heterocycles. The van der Waals surface area contributed by atoms with Crippen molar-refractivity contribution in [2.24, 2.45) is 0 Å². The summed E-state index contributed by atoms with van der Waals surface area (Å²) < 4.78 is 6.57. The van der Waals surface area contributed by atoms with Crippen molar-refractivity contribution < 1.29 is 4.42 Å². The predicted molar refractivity (Wildman–Crippen MR) is 161 cm³/mol. The minimum Gasteiger partial charge on any atom is -0.455 e. The van der Waals surface area contributed by atoms with E-state index in [9.17, 15) is 0 Å². The number of benzene rings is 6. The molecule has 0 saturated heterocycles. The Hall–Kier alpha value is -5.28. The van der Waals surface area contributed by atoms with Gasteiger partial charge in [-0.3, -0.25) is 0 Å². The van der Waals surface area contributed by atoms with Crippen LogP contribution in [0.4, 0.5) is 0 Å². The maximum absolute atomic E-state index is 6.57. The molecule has 0 fully saturated rings. The van der Waals surface area contributed by atoms with Crippen LogP contribution in [-0.4, -0.2) is 9.97 Å². The lowest BCUT2D eigenvalue weighted by atomic mass is 9.93. The fraction of sp³-hybridized carbons (Fsp3) is 0. The van der Waals surface area contributed by atoms with Gasteiger partial charge in [0.1, 0.15) is 11.2 Å². The molecule has 3 heteroatoms. The molecule has 0 atom stereocenters. The maximum atomic E-state index is 6.57. The van der Waals surface area contributed by atoms with E-state index in [-0.39, 0.29) is 0 Å². The van der Waals surface area contributed by atoms with Gasteiger partial charge in [-0.2, -0.15) is 0 Å². The highest BCUT2D eigenvalue weighted by Crippen LogP contribution is 2.44. The van der Waals surface area contributed by atoms with Gasteiger partial charge < -0.3 is 4.42 Å². The molecule has 0 unspecified atom stereocenters. The monoisotopic (exact) mass is 498 g/mol. The van der Waals surface area contributed by atoms with Gasteiger partial charge in [0.05, 0.1) is 22.4 Å². The van der Waals surface area contributed by atoms with E-state index in [2.05, 4.69) is 84.9 Å². The van der Waals surface area contributed by atoms with Gasteiger partial charge in [-0.1, -0.05) is 109 Å². The molecule has 2 aromatic heterocycles. The number of hydrogen-bond acceptors (Lipinski definition) is 3. The Labute approximate surface area is 225 Å². The molecule has 3 nitrogen and oxygen atoms in total. The van der Waals surface area contributed by atoms with Crippen LogP contribution in [0.1, 0.15) is 0 Å². The van der Waals surface area contributed by atoms with Gasteiger partial charge in [0.25, 0.3) is 0 Å². The Kier molecular flexibility index (Phi) is 4.82. The van der Waals surface area contributed by atoms with E-state index in [1.54, 1.807) is 0 Å². The van der Waals surface area contributed by atoms with Crippen LogP contribution in [0.25, 0.3) is 77.4 Å². The van der Waals surface area contributed by atoms with Crippen molar-refractivity contribution in [3.05, 3.63) is 133 Å². The quantitative estimate of drug-likeness (QED) is 0.243. The standard InChI is InChI=1S/C36H22N2O/c1-3-12-23(13-4-1)25-18-11-21-32-33(25)29-22-28(26-16-7-8-17-27(26)36(29)39-32)35-34(24-14-5-2-6-15-24)37-30-19-9-10-20-31(30)38-35/h1-22H. The number of rotatable bonds is 3. The topological polar surface area (TPSA) is 38.9 Å². The van der Waals surface area contributed by atoms with E-state index in [1.807, 2.05) is 48.5 Å². The van der Waals surface area contributed by atoms with E-state index in [1.165, 1.54) is 0 Å². The van der Waals surface area contributed by atoms with E-state index >= 15 is 0 Å². The van der Waals surface area contributed by atoms with Crippen molar-refractivity contribution in [2.75, 3.05) is 0 Å². The molecule has 0 aliphatic heterocycles. The lowest BCUT2D eigenvalue weighted by Crippen LogP contribution is -1.96. The zero-order valence-corrected chi connectivity index (χ0v) is 21.0. The van der Waals surface area contributed by atoms with Crippen molar-refractivity contribution in [3.8, 4) is 33.6 Å². The summed E-state index contributed by atoms with van der Waals surface area (Å²) >= 11 is 0. The van der Waals surface area contributed by atoms with Crippen molar-refractivity contribution in [3.63, 3.8) is 0 Å². The fourth-order valence-electron chi connectivity index (χ4n) is 5.69. The van der Waals surface area contributed by atoms with Gasteiger partial charge in [-0.05, 0) is 40.8 Å². The molecule has 0 amide bonds. The van der Waals surface area contributed by atoms with E-state index in [0.29, 0.717) is 0 Å². The highest BCUT2D eigenvalue weighted by atomic mass is 16.3. The number of furan rings is 1. The van der Waals surface area contributed by atoms with Crippen LogP contribution in [0.5, 0.6) is 0 Å². The van der Waals surface area contributed by atoms with Crippen molar-refractivity contribution >= 4 is 43.7 Å². The molecule has 0 spiro atoms. The summed E-state index contributed by atoms with van der Waals surface area (Å²) in [7, 11) is 0. The normalized spacial score (nSPS) is 11.6. The third-order valence-electron chi connectivity index (χ3n) is 7.46. The molecule has 6 aromatic carbocycles. The number of aromatic nitrogens is 2. The summed E-state index contributed by atoms with van der Waals surface area (Å²) in [4.78, 5) is 10.4. The second-order valence-corrected chi connectivity index (χ2v) is 9.77. The van der Waals surface area contributed by atoms with Gasteiger partial charge in [0, 0.05) is 27.3 Å². The molecule has 0 radical (unpaired) electrons. The Morgan fingerprint density at radius 3 is 1.79 bits per heavy atom. The molecule has 0 N–H and O–H groups in total. The molecule has 8 aromatic rings. The Bertz CT molecular complexity index is 2160. The van der Waals surface area contributed by atoms with Crippen LogP contribution in [0, 0.1) is 0 Å². The highest BCUT2D eigenvalue weighted by molar-refractivity contribution is 6.22. The van der Waals surface area contributed by atoms with Gasteiger partial charge in [0.2, 0.25) is 0 Å². The molecular formula is C36H22N2O. The Morgan fingerprint density at radius 1 is 0.436 bits per heavy atom. The predicted octanol–water partition coefficient (Wildman–Crippen LogP) is 9.68. The zero-order chi connectivity index (χ0) is 25.8. The second kappa shape index (κ2) is 8.64. The van der Waals surface area contributed by atoms with E-state index < -0.39 is 0 Å². The highest BCUT2D eigenvalue weighted by Gasteiger charge is 2.21. The van der Waals surface area contributed by atoms with Gasteiger partial charge in [-0.25, -0.2) is 9.97 Å². The summed E-state index contributed by atoms with van der Waals surface area (Å²) in [5, 5.41) is 4.34. The molecule has 0 aliphatic carbocycles. The van der Waals surface area contributed by atoms with Crippen LogP contribution < -0.4 is 0 Å². The fourth-order valence-corrected chi connectivity index (χ4v) is 5.69. The molecule has 0 aliphatic rings. The van der Waals surface area contributed by atoms with Crippen LogP contribution in [0.3, 0.4) is 0 Å². The van der Waals surface area contributed by atoms with E-state index in [4.69, 9.17) is 14.4 Å². The number of para-hydroxylation sites is 2. The Balaban J connectivity index is 1.53. The Morgan fingerprint density at radius 2 is 1.05 bits per heavy atom. The van der Waals surface area contributed by atoms with Gasteiger partial charge >= 0.3 is 0 Å². The smallest absolute Gasteiger partial charge is 0.143 e. The van der Waals surface area contributed by atoms with Crippen LogP contribution in [-0.2, 0) is 0 Å². The summed E-state index contributed by atoms with van der Waals surface area (Å²) in [5.41, 5.74) is 9.65. The SMILES string of the molecule is c1ccc(-c2nc3ccccc3nc2-c2cc3c(oc4cccc(-c5ccccc5)c43)c3ccccc23)cc1. The average molecular weight is 499 g/mol. The molecule has 8 rings (SSSR count). The number of hydrogen-bond donors (Lipinski definition) is 0. The summed E-state index contributed by atoms with van der Waals surface area (Å²) in [6.45, 7) is 0. The third-order valence-corrected chi connectivity index (χ3v) is 7.46. The van der Waals surface area contributed by atoms with Crippen LogP contribution in [0.15, 0.2) is 138 Å². The lowest BCUT2D eigenvalue weighted by Gasteiger charge is -2.13. The summed E-state index contributed by atoms with van der Waals surface area (Å²) in [5.74, 6) is 0. The number of nitrogens with zero attached hydrogens (tertiary/aromatic N) is 2. The largest absolute Gasteiger partial charge is 0.455 e. The van der Waals surface area contributed by atoms with Crippen LogP contribution in [0.2, 0.25) is 0 Å². The summed E-state index contributed by atoms with van der Waals surface area (Å²) in [6.07, 6.45) is 0. The second-order valence-electron chi connectivity index (χ2n) is 9.77. The first-order chi connectivity index (χ1) is 19.3. The molecule has 0 saturated carbocycles. The first-order valence-electron chi connectivity index (χ1n) is 13.1. The van der Waals surface area contributed by atoms with Crippen LogP contribution >= 0.6 is 0 Å². The van der Waals surface area contributed by atoms with E-state index in [0.717, 1.165) is 77.4 Å². The lowest BCUT2D eigenvalue weighted by molar-refractivity contribution is 0.673. The number of fused-ring (bicyclic) bond motifs is 6. The first-order valence-corrected chi connectivity index (χ1v) is 13.1. The first kappa shape index (κ1) is 21.8. The summed E-state index contributed by atoms with van der Waals surface area (Å²) in [6, 6.07) is 45.9. The molecule has 0 bridgehead atoms. The maximum Gasteiger partial charge on any atom is 0.143 e. The van der Waals surface area contributed by atoms with Crippen molar-refractivity contribution in [1.82, 2.24) is 9.97 Å². The van der Waals surface area contributed by atoms with Gasteiger partial charge in [0.15, 0.2) is 0 Å². The molecule has 39 heavy (non-hydrogen) atoms. The minimum absolute atomic E-state index is 0.865. The van der Waals surface area contributed by atoms with Crippen molar-refractivity contribution in [1.29, 1.82) is 0 Å². The molecular weight excluding hydrogens is 476 g/mol. The minimum atomic E-state index is 0.865.